The predicted octanol–water partition coefficient (Wildman–Crippen LogP) is 6.19. The van der Waals surface area contributed by atoms with Crippen LogP contribution in [0.4, 0.5) is 30.8 Å². The van der Waals surface area contributed by atoms with Gasteiger partial charge in [-0.1, -0.05) is 55.1 Å². The van der Waals surface area contributed by atoms with Crippen LogP contribution >= 0.6 is 0 Å². The van der Waals surface area contributed by atoms with Crippen LogP contribution in [0, 0.1) is 0 Å². The van der Waals surface area contributed by atoms with Crippen molar-refractivity contribution in [2.75, 3.05) is 16.0 Å². The van der Waals surface area contributed by atoms with E-state index >= 15 is 0 Å². The van der Waals surface area contributed by atoms with Gasteiger partial charge in [0, 0.05) is 42.5 Å². The number of hydrogen-bond donors (Lipinski definition) is 4. The van der Waals surface area contributed by atoms with Crippen LogP contribution < -0.4 is 21.4 Å². The maximum Gasteiger partial charge on any atom is 0.323 e. The van der Waals surface area contributed by atoms with E-state index in [1.54, 1.807) is 34.8 Å². The Morgan fingerprint density at radius 1 is 1.02 bits per heavy atom. The number of amides is 2. The normalized spacial score (nSPS) is 12.8. The van der Waals surface area contributed by atoms with Gasteiger partial charge in [-0.25, -0.2) is 18.6 Å². The smallest absolute Gasteiger partial charge is 0.323 e. The number of phenolic OH excluding ortho intramolecular Hbond substituents is 1. The zero-order valence-electron chi connectivity index (χ0n) is 22.2. The molecule has 4 N–H and O–H groups in total. The molecule has 41 heavy (non-hydrogen) atoms. The van der Waals surface area contributed by atoms with Crippen LogP contribution in [-0.2, 0) is 12.5 Å². The number of urea groups is 1. The SMILES string of the molecule is CC(F)(F)c1ccccc1NC(=O)Nc1ccc(CNc2cc(-c3ccccc3O)nc3c(B4CC4)cnn23)cc1. The molecule has 5 aromatic rings. The molecule has 6 rings (SSSR count). The maximum absolute atomic E-state index is 13.9. The number of halogens is 2. The molecule has 0 atom stereocenters. The van der Waals surface area contributed by atoms with Crippen LogP contribution in [-0.4, -0.2) is 32.4 Å². The Morgan fingerprint density at radius 3 is 2.49 bits per heavy atom. The fourth-order valence-corrected chi connectivity index (χ4v) is 4.77. The third-order valence-corrected chi connectivity index (χ3v) is 7.03. The minimum atomic E-state index is -3.09. The summed E-state index contributed by atoms with van der Waals surface area (Å²) < 4.78 is 29.6. The summed E-state index contributed by atoms with van der Waals surface area (Å²) in [4.78, 5) is 17.3. The van der Waals surface area contributed by atoms with Crippen LogP contribution in [0.1, 0.15) is 18.1 Å². The van der Waals surface area contributed by atoms with E-state index in [-0.39, 0.29) is 17.0 Å². The van der Waals surface area contributed by atoms with Crippen molar-refractivity contribution in [1.29, 1.82) is 0 Å². The maximum atomic E-state index is 13.9. The number of aromatic nitrogens is 3. The average Bonchev–Trinajstić information content (AvgIpc) is 3.70. The summed E-state index contributed by atoms with van der Waals surface area (Å²) in [6.07, 6.45) is 4.09. The van der Waals surface area contributed by atoms with Crippen molar-refractivity contribution in [2.24, 2.45) is 0 Å². The summed E-state index contributed by atoms with van der Waals surface area (Å²) in [5.74, 6) is -2.20. The topological polar surface area (TPSA) is 104 Å². The quantitative estimate of drug-likeness (QED) is 0.172. The monoisotopic (exact) mass is 552 g/mol. The molecule has 0 aliphatic carbocycles. The highest BCUT2D eigenvalue weighted by Gasteiger charge is 2.32. The first-order valence-electron chi connectivity index (χ1n) is 13.3. The number of phenols is 1. The van der Waals surface area contributed by atoms with Gasteiger partial charge in [-0.2, -0.15) is 9.61 Å². The van der Waals surface area contributed by atoms with Crippen molar-refractivity contribution < 1.29 is 18.7 Å². The van der Waals surface area contributed by atoms with Crippen LogP contribution in [0.3, 0.4) is 0 Å². The summed E-state index contributed by atoms with van der Waals surface area (Å²) in [6.45, 7) is 1.71. The lowest BCUT2D eigenvalue weighted by Gasteiger charge is -2.16. The first kappa shape index (κ1) is 26.3. The number of benzene rings is 3. The molecule has 1 aliphatic heterocycles. The highest BCUT2D eigenvalue weighted by atomic mass is 19.3. The van der Waals surface area contributed by atoms with Gasteiger partial charge < -0.3 is 21.1 Å². The minimum absolute atomic E-state index is 0.0497. The molecule has 0 radical (unpaired) electrons. The van der Waals surface area contributed by atoms with Gasteiger partial charge in [0.15, 0.2) is 12.4 Å². The van der Waals surface area contributed by atoms with Crippen LogP contribution in [0.2, 0.25) is 12.6 Å². The van der Waals surface area contributed by atoms with Crippen LogP contribution in [0.15, 0.2) is 85.1 Å². The number of carbonyl (C=O) groups is 1. The summed E-state index contributed by atoms with van der Waals surface area (Å²) >= 11 is 0. The molecule has 2 amide bonds. The Balaban J connectivity index is 1.17. The summed E-state index contributed by atoms with van der Waals surface area (Å²) in [6, 6.07) is 21.4. The Hall–Kier alpha value is -4.93. The van der Waals surface area contributed by atoms with E-state index in [4.69, 9.17) is 4.98 Å². The third kappa shape index (κ3) is 5.70. The van der Waals surface area contributed by atoms with Crippen molar-refractivity contribution in [3.8, 4) is 17.0 Å². The second kappa shape index (κ2) is 10.6. The van der Waals surface area contributed by atoms with E-state index in [0.717, 1.165) is 42.1 Å². The average molecular weight is 552 g/mol. The summed E-state index contributed by atoms with van der Waals surface area (Å²) in [7, 11) is 0. The molecule has 3 heterocycles. The number of anilines is 3. The van der Waals surface area contributed by atoms with Gasteiger partial charge >= 0.3 is 6.03 Å². The zero-order chi connectivity index (χ0) is 28.6. The van der Waals surface area contributed by atoms with Crippen molar-refractivity contribution in [1.82, 2.24) is 14.6 Å². The van der Waals surface area contributed by atoms with Crippen molar-refractivity contribution in [3.63, 3.8) is 0 Å². The van der Waals surface area contributed by atoms with Gasteiger partial charge in [0.1, 0.15) is 11.6 Å². The van der Waals surface area contributed by atoms with Crippen LogP contribution in [0.25, 0.3) is 16.9 Å². The number of nitrogens with zero attached hydrogens (tertiary/aromatic N) is 3. The van der Waals surface area contributed by atoms with Gasteiger partial charge in [0.05, 0.1) is 11.4 Å². The number of nitrogens with one attached hydrogen (secondary N) is 3. The van der Waals surface area contributed by atoms with E-state index < -0.39 is 12.0 Å². The van der Waals surface area contributed by atoms with E-state index in [1.807, 2.05) is 36.5 Å². The number of carbonyl (C=O) groups excluding carboxylic acids is 1. The van der Waals surface area contributed by atoms with Crippen molar-refractivity contribution in [3.05, 3.63) is 96.2 Å². The fraction of sp³-hybridized carbons (Fsp3) is 0.167. The summed E-state index contributed by atoms with van der Waals surface area (Å²) in [5.41, 5.74) is 4.40. The van der Waals surface area contributed by atoms with Crippen molar-refractivity contribution in [2.45, 2.75) is 32.0 Å². The van der Waals surface area contributed by atoms with Gasteiger partial charge in [-0.15, -0.1) is 0 Å². The Labute approximate surface area is 235 Å². The number of aromatic hydroxyl groups is 1. The highest BCUT2D eigenvalue weighted by molar-refractivity contribution is 6.83. The zero-order valence-corrected chi connectivity index (χ0v) is 22.2. The van der Waals surface area contributed by atoms with Crippen molar-refractivity contribution >= 4 is 41.0 Å². The molecule has 0 saturated carbocycles. The predicted molar refractivity (Wildman–Crippen MR) is 158 cm³/mol. The number of hydrogen-bond acceptors (Lipinski definition) is 5. The largest absolute Gasteiger partial charge is 0.507 e. The molecule has 3 aromatic carbocycles. The lowest BCUT2D eigenvalue weighted by atomic mass is 9.65. The van der Waals surface area contributed by atoms with E-state index in [1.165, 1.54) is 18.2 Å². The lowest BCUT2D eigenvalue weighted by molar-refractivity contribution is 0.0183. The van der Waals surface area contributed by atoms with E-state index in [9.17, 15) is 18.7 Å². The Bertz CT molecular complexity index is 1730. The Kier molecular flexibility index (Phi) is 6.78. The van der Waals surface area contributed by atoms with E-state index in [2.05, 4.69) is 21.0 Å². The molecular weight excluding hydrogens is 525 g/mol. The molecule has 2 aromatic heterocycles. The van der Waals surface area contributed by atoms with Gasteiger partial charge in [0.2, 0.25) is 0 Å². The Morgan fingerprint density at radius 2 is 1.76 bits per heavy atom. The number of alkyl halides is 2. The molecule has 8 nitrogen and oxygen atoms in total. The molecule has 0 unspecified atom stereocenters. The first-order chi connectivity index (χ1) is 19.8. The second-order valence-corrected chi connectivity index (χ2v) is 10.2. The molecule has 1 fully saturated rings. The van der Waals surface area contributed by atoms with Crippen LogP contribution in [0.5, 0.6) is 5.75 Å². The number of para-hydroxylation sites is 2. The fourth-order valence-electron chi connectivity index (χ4n) is 4.77. The first-order valence-corrected chi connectivity index (χ1v) is 13.3. The van der Waals surface area contributed by atoms with Gasteiger partial charge in [-0.3, -0.25) is 0 Å². The molecule has 1 aliphatic rings. The molecule has 1 saturated heterocycles. The molecule has 0 spiro atoms. The molecule has 11 heteroatoms. The molecule has 206 valence electrons. The lowest BCUT2D eigenvalue weighted by Crippen LogP contribution is -2.22. The summed E-state index contributed by atoms with van der Waals surface area (Å²) in [5, 5.41) is 23.6. The third-order valence-electron chi connectivity index (χ3n) is 7.03. The minimum Gasteiger partial charge on any atom is -0.507 e. The number of rotatable bonds is 8. The van der Waals surface area contributed by atoms with E-state index in [0.29, 0.717) is 30.2 Å². The molecular formula is C30H27BF2N6O2. The number of fused-ring (bicyclic) bond motifs is 1. The second-order valence-electron chi connectivity index (χ2n) is 10.2. The standard InChI is InChI=1S/C30H27BF2N6O2/c1-30(32,33)22-7-3-4-8-24(22)38-29(41)36-20-12-10-19(11-13-20)17-34-27-16-25(21-6-2-5-9-26(21)40)37-28-23(31-14-15-31)18-35-39(27)28/h2-13,16,18,34,40H,14-15,17H2,1H3,(H2,36,38,41). The highest BCUT2D eigenvalue weighted by Crippen LogP contribution is 2.33. The van der Waals surface area contributed by atoms with Gasteiger partial charge in [0.25, 0.3) is 5.92 Å². The molecule has 0 bridgehead atoms. The van der Waals surface area contributed by atoms with Gasteiger partial charge in [-0.05, 0) is 41.4 Å².